The molecule has 0 fully saturated rings. The van der Waals surface area contributed by atoms with Crippen molar-refractivity contribution >= 4 is 70.5 Å². The van der Waals surface area contributed by atoms with Crippen molar-refractivity contribution in [2.75, 3.05) is 4.90 Å². The molecular formula is C45H31NO2S. The molecule has 0 unspecified atom stereocenters. The van der Waals surface area contributed by atoms with E-state index in [1.54, 1.807) is 0 Å². The molecule has 0 aliphatic carbocycles. The second-order valence-electron chi connectivity index (χ2n) is 13.3. The Morgan fingerprint density at radius 2 is 1.20 bits per heavy atom. The summed E-state index contributed by atoms with van der Waals surface area (Å²) >= 11 is 1.83. The third-order valence-electron chi connectivity index (χ3n) is 10.1. The summed E-state index contributed by atoms with van der Waals surface area (Å²) in [5.41, 5.74) is 9.60. The van der Waals surface area contributed by atoms with Crippen molar-refractivity contribution in [2.24, 2.45) is 0 Å². The summed E-state index contributed by atoms with van der Waals surface area (Å²) in [5, 5.41) is 4.72. The van der Waals surface area contributed by atoms with Crippen LogP contribution in [0.15, 0.2) is 156 Å². The SMILES string of the molecule is CC1(C)c2cc(-c3ccc(N(c4ccccc4)c4ccc5oc6ccccc6c5c4)cc3)ccc2Oc2c1ccc1sc3ccccc3c21. The summed E-state index contributed by atoms with van der Waals surface area (Å²) in [7, 11) is 0. The Kier molecular flexibility index (Phi) is 6.09. The first-order valence-electron chi connectivity index (χ1n) is 16.7. The van der Waals surface area contributed by atoms with Gasteiger partial charge in [-0.05, 0) is 83.9 Å². The second kappa shape index (κ2) is 10.6. The zero-order valence-electron chi connectivity index (χ0n) is 27.1. The molecule has 0 amide bonds. The van der Waals surface area contributed by atoms with Crippen LogP contribution in [0.3, 0.4) is 0 Å². The third kappa shape index (κ3) is 4.34. The first kappa shape index (κ1) is 28.2. The van der Waals surface area contributed by atoms with E-state index >= 15 is 0 Å². The van der Waals surface area contributed by atoms with Gasteiger partial charge < -0.3 is 14.1 Å². The van der Waals surface area contributed by atoms with Gasteiger partial charge in [0.05, 0.1) is 0 Å². The predicted molar refractivity (Wildman–Crippen MR) is 205 cm³/mol. The number of thiophene rings is 1. The molecule has 7 aromatic carbocycles. The van der Waals surface area contributed by atoms with Crippen LogP contribution >= 0.6 is 11.3 Å². The first-order valence-corrected chi connectivity index (χ1v) is 17.5. The molecule has 2 aromatic heterocycles. The Morgan fingerprint density at radius 1 is 0.510 bits per heavy atom. The molecule has 0 radical (unpaired) electrons. The predicted octanol–water partition coefficient (Wildman–Crippen LogP) is 13.5. The summed E-state index contributed by atoms with van der Waals surface area (Å²) in [5.74, 6) is 1.92. The highest BCUT2D eigenvalue weighted by Gasteiger charge is 2.36. The lowest BCUT2D eigenvalue weighted by atomic mass is 9.74. The van der Waals surface area contributed by atoms with Crippen molar-refractivity contribution in [3.05, 3.63) is 163 Å². The lowest BCUT2D eigenvalue weighted by molar-refractivity contribution is 0.423. The van der Waals surface area contributed by atoms with E-state index in [0.717, 1.165) is 56.1 Å². The second-order valence-corrected chi connectivity index (χ2v) is 14.4. The summed E-state index contributed by atoms with van der Waals surface area (Å²) in [6.07, 6.45) is 0. The quantitative estimate of drug-likeness (QED) is 0.190. The van der Waals surface area contributed by atoms with Gasteiger partial charge in [-0.25, -0.2) is 0 Å². The van der Waals surface area contributed by atoms with Crippen LogP contribution in [-0.4, -0.2) is 0 Å². The van der Waals surface area contributed by atoms with E-state index in [0.29, 0.717) is 0 Å². The molecule has 234 valence electrons. The molecule has 3 heterocycles. The largest absolute Gasteiger partial charge is 0.456 e. The van der Waals surface area contributed by atoms with Gasteiger partial charge in [-0.15, -0.1) is 11.3 Å². The maximum atomic E-state index is 6.78. The molecule has 0 spiro atoms. The number of anilines is 3. The topological polar surface area (TPSA) is 25.6 Å². The van der Waals surface area contributed by atoms with Crippen LogP contribution in [0, 0.1) is 0 Å². The zero-order chi connectivity index (χ0) is 32.7. The van der Waals surface area contributed by atoms with Crippen molar-refractivity contribution in [1.82, 2.24) is 0 Å². The molecule has 0 atom stereocenters. The average molecular weight is 650 g/mol. The molecule has 0 saturated carbocycles. The fourth-order valence-electron chi connectivity index (χ4n) is 7.61. The lowest BCUT2D eigenvalue weighted by Gasteiger charge is -2.35. The average Bonchev–Trinajstić information content (AvgIpc) is 3.71. The number of hydrogen-bond acceptors (Lipinski definition) is 4. The third-order valence-corrected chi connectivity index (χ3v) is 11.3. The number of rotatable bonds is 4. The Balaban J connectivity index is 1.04. The van der Waals surface area contributed by atoms with Gasteiger partial charge in [0.2, 0.25) is 0 Å². The van der Waals surface area contributed by atoms with Gasteiger partial charge in [0.15, 0.2) is 0 Å². The minimum Gasteiger partial charge on any atom is -0.456 e. The number of ether oxygens (including phenoxy) is 1. The van der Waals surface area contributed by atoms with Crippen molar-refractivity contribution in [2.45, 2.75) is 19.3 Å². The Hall–Kier alpha value is -5.84. The molecule has 4 heteroatoms. The van der Waals surface area contributed by atoms with E-state index in [9.17, 15) is 0 Å². The number of furan rings is 1. The van der Waals surface area contributed by atoms with Crippen LogP contribution in [0.5, 0.6) is 11.5 Å². The number of nitrogens with zero attached hydrogens (tertiary/aromatic N) is 1. The lowest BCUT2D eigenvalue weighted by Crippen LogP contribution is -2.24. The minimum absolute atomic E-state index is 0.226. The number of benzene rings is 7. The van der Waals surface area contributed by atoms with Crippen LogP contribution in [0.4, 0.5) is 17.1 Å². The van der Waals surface area contributed by atoms with Gasteiger partial charge in [0.25, 0.3) is 0 Å². The van der Waals surface area contributed by atoms with Crippen LogP contribution in [-0.2, 0) is 5.41 Å². The van der Waals surface area contributed by atoms with E-state index < -0.39 is 0 Å². The minimum atomic E-state index is -0.226. The molecule has 10 rings (SSSR count). The van der Waals surface area contributed by atoms with Gasteiger partial charge in [-0.2, -0.15) is 0 Å². The Labute approximate surface area is 288 Å². The normalized spacial score (nSPS) is 13.4. The summed E-state index contributed by atoms with van der Waals surface area (Å²) in [6, 6.07) is 53.9. The number of fused-ring (bicyclic) bond motifs is 9. The molecule has 0 saturated heterocycles. The molecule has 0 bridgehead atoms. The van der Waals surface area contributed by atoms with Gasteiger partial charge in [-0.1, -0.05) is 92.7 Å². The number of para-hydroxylation sites is 2. The molecule has 1 aliphatic heterocycles. The maximum Gasteiger partial charge on any atom is 0.140 e. The highest BCUT2D eigenvalue weighted by molar-refractivity contribution is 7.25. The highest BCUT2D eigenvalue weighted by Crippen LogP contribution is 2.53. The zero-order valence-corrected chi connectivity index (χ0v) is 27.9. The molecular weight excluding hydrogens is 619 g/mol. The fourth-order valence-corrected chi connectivity index (χ4v) is 8.71. The van der Waals surface area contributed by atoms with Crippen LogP contribution in [0.25, 0.3) is 53.2 Å². The maximum absolute atomic E-state index is 6.78. The Bertz CT molecular complexity index is 2720. The van der Waals surface area contributed by atoms with Gasteiger partial charge in [-0.3, -0.25) is 0 Å². The van der Waals surface area contributed by atoms with E-state index in [-0.39, 0.29) is 5.41 Å². The van der Waals surface area contributed by atoms with Crippen LogP contribution in [0.2, 0.25) is 0 Å². The van der Waals surface area contributed by atoms with Crippen LogP contribution in [0.1, 0.15) is 25.0 Å². The summed E-state index contributed by atoms with van der Waals surface area (Å²) in [4.78, 5) is 2.31. The summed E-state index contributed by atoms with van der Waals surface area (Å²) in [6.45, 7) is 4.64. The first-order chi connectivity index (χ1) is 24.0. The van der Waals surface area contributed by atoms with E-state index in [1.807, 2.05) is 23.5 Å². The monoisotopic (exact) mass is 649 g/mol. The highest BCUT2D eigenvalue weighted by atomic mass is 32.1. The Morgan fingerprint density at radius 3 is 2.06 bits per heavy atom. The fraction of sp³-hybridized carbons (Fsp3) is 0.0667. The van der Waals surface area contributed by atoms with Gasteiger partial charge >= 0.3 is 0 Å². The van der Waals surface area contributed by atoms with Gasteiger partial charge in [0.1, 0.15) is 22.7 Å². The van der Waals surface area contributed by atoms with E-state index in [4.69, 9.17) is 9.15 Å². The number of hydrogen-bond donors (Lipinski definition) is 0. The molecule has 9 aromatic rings. The van der Waals surface area contributed by atoms with E-state index in [1.165, 1.54) is 36.9 Å². The van der Waals surface area contributed by atoms with Crippen molar-refractivity contribution < 1.29 is 9.15 Å². The standard InChI is InChI=1S/C45H31NO2S/c1-45(2)36-22-25-42-43(34-13-7-9-15-41(34)49-42)44(36)48-40-23-18-29(26-37(40)45)28-16-19-31(20-17-28)46(30-10-4-3-5-11-30)32-21-24-39-35(27-32)33-12-6-8-14-38(33)47-39/h3-27H,1-2H3. The van der Waals surface area contributed by atoms with Gasteiger partial charge in [0, 0.05) is 64.5 Å². The molecule has 1 aliphatic rings. The smallest absolute Gasteiger partial charge is 0.140 e. The molecule has 0 N–H and O–H groups in total. The van der Waals surface area contributed by atoms with E-state index in [2.05, 4.69) is 158 Å². The summed E-state index contributed by atoms with van der Waals surface area (Å²) < 4.78 is 15.5. The van der Waals surface area contributed by atoms with Crippen molar-refractivity contribution in [3.8, 4) is 22.6 Å². The van der Waals surface area contributed by atoms with Crippen molar-refractivity contribution in [3.63, 3.8) is 0 Å². The van der Waals surface area contributed by atoms with Crippen LogP contribution < -0.4 is 9.64 Å². The molecule has 3 nitrogen and oxygen atoms in total. The molecule has 49 heavy (non-hydrogen) atoms. The van der Waals surface area contributed by atoms with Crippen molar-refractivity contribution in [1.29, 1.82) is 0 Å².